The van der Waals surface area contributed by atoms with Gasteiger partial charge in [-0.05, 0) is 93.1 Å². The molecule has 0 aromatic carbocycles. The molecule has 6 aliphatic rings. The molecule has 6 rings (SSSR count). The van der Waals surface area contributed by atoms with Crippen LogP contribution in [0.3, 0.4) is 0 Å². The third kappa shape index (κ3) is 2.63. The Morgan fingerprint density at radius 3 is 2.65 bits per heavy atom. The molecule has 3 unspecified atom stereocenters. The lowest BCUT2D eigenvalue weighted by molar-refractivity contribution is -0.155. The Kier molecular flexibility index (Phi) is 4.90. The van der Waals surface area contributed by atoms with Crippen LogP contribution in [0.2, 0.25) is 0 Å². The number of hydrogen-bond acceptors (Lipinski definition) is 6. The molecule has 2 aliphatic heterocycles. The highest BCUT2D eigenvalue weighted by Gasteiger charge is 2.80. The van der Waals surface area contributed by atoms with E-state index in [1.54, 1.807) is 12.2 Å². The molecule has 2 N–H and O–H groups in total. The lowest BCUT2D eigenvalue weighted by atomic mass is 9.44. The number of aliphatic hydroxyl groups is 2. The van der Waals surface area contributed by atoms with E-state index in [1.807, 2.05) is 6.92 Å². The van der Waals surface area contributed by atoms with Gasteiger partial charge in [0.25, 0.3) is 0 Å². The van der Waals surface area contributed by atoms with Gasteiger partial charge in [-0.25, -0.2) is 4.79 Å². The van der Waals surface area contributed by atoms with Crippen LogP contribution in [-0.2, 0) is 19.1 Å². The van der Waals surface area contributed by atoms with Crippen molar-refractivity contribution in [1.82, 2.24) is 0 Å². The number of rotatable bonds is 3. The van der Waals surface area contributed by atoms with Crippen LogP contribution >= 0.6 is 0 Å². The highest BCUT2D eigenvalue weighted by molar-refractivity contribution is 5.98. The minimum atomic E-state index is -0.719. The summed E-state index contributed by atoms with van der Waals surface area (Å²) in [6.07, 6.45) is 8.23. The standard InChI is InChI=1S/C28H38O6/c1-14-11-21(33-25(32)17(14)13-29)15(2)18-5-6-19-16-12-24-28(34-24)23(31)8-7-22(30)27(28,4)20(16)9-10-26(18,19)3/h7-8,15-16,18-21,23-24,29,31H,5-6,9-13H2,1-4H3/t15?,16-,18+,19?,20?,21+,23-,24+,26+,27-,28+/m0/s1. The molecule has 4 aliphatic carbocycles. The molecule has 4 fully saturated rings. The van der Waals surface area contributed by atoms with Crippen LogP contribution < -0.4 is 0 Å². The van der Waals surface area contributed by atoms with Crippen LogP contribution in [0, 0.1) is 40.4 Å². The molecule has 186 valence electrons. The third-order valence-corrected chi connectivity index (χ3v) is 11.6. The Morgan fingerprint density at radius 1 is 1.18 bits per heavy atom. The van der Waals surface area contributed by atoms with Gasteiger partial charge in [-0.15, -0.1) is 0 Å². The van der Waals surface area contributed by atoms with Crippen molar-refractivity contribution in [1.29, 1.82) is 0 Å². The van der Waals surface area contributed by atoms with E-state index in [0.717, 1.165) is 37.7 Å². The molecule has 3 saturated carbocycles. The summed E-state index contributed by atoms with van der Waals surface area (Å²) >= 11 is 0. The summed E-state index contributed by atoms with van der Waals surface area (Å²) in [5.41, 5.74) is 0.129. The van der Waals surface area contributed by atoms with Crippen molar-refractivity contribution in [3.05, 3.63) is 23.3 Å². The van der Waals surface area contributed by atoms with Crippen LogP contribution in [0.25, 0.3) is 0 Å². The molecular formula is C28H38O6. The van der Waals surface area contributed by atoms with Crippen LogP contribution in [0.5, 0.6) is 0 Å². The summed E-state index contributed by atoms with van der Waals surface area (Å²) in [5, 5.41) is 20.4. The quantitative estimate of drug-likeness (QED) is 0.485. The van der Waals surface area contributed by atoms with Crippen LogP contribution in [0.1, 0.15) is 66.2 Å². The molecule has 1 saturated heterocycles. The van der Waals surface area contributed by atoms with Crippen molar-refractivity contribution in [2.24, 2.45) is 40.4 Å². The van der Waals surface area contributed by atoms with Crippen molar-refractivity contribution in [2.45, 2.75) is 90.1 Å². The summed E-state index contributed by atoms with van der Waals surface area (Å²) in [4.78, 5) is 25.8. The predicted molar refractivity (Wildman–Crippen MR) is 124 cm³/mol. The first-order valence-corrected chi connectivity index (χ1v) is 13.2. The van der Waals surface area contributed by atoms with E-state index in [4.69, 9.17) is 9.47 Å². The van der Waals surface area contributed by atoms with Gasteiger partial charge in [0.15, 0.2) is 5.78 Å². The lowest BCUT2D eigenvalue weighted by Crippen LogP contribution is -2.63. The number of allylic oxidation sites excluding steroid dienone is 1. The minimum absolute atomic E-state index is 0.0366. The Hall–Kier alpha value is -1.50. The van der Waals surface area contributed by atoms with Gasteiger partial charge in [-0.3, -0.25) is 4.79 Å². The maximum atomic E-state index is 13.3. The molecule has 1 spiro atoms. The smallest absolute Gasteiger partial charge is 0.336 e. The average molecular weight is 471 g/mol. The minimum Gasteiger partial charge on any atom is -0.458 e. The number of carbonyl (C=O) groups excluding carboxylic acids is 2. The number of ether oxygens (including phenoxy) is 2. The third-order valence-electron chi connectivity index (χ3n) is 11.6. The van der Waals surface area contributed by atoms with Gasteiger partial charge < -0.3 is 19.7 Å². The molecule has 0 amide bonds. The van der Waals surface area contributed by atoms with Crippen LogP contribution in [0.4, 0.5) is 0 Å². The maximum absolute atomic E-state index is 13.3. The first-order valence-electron chi connectivity index (χ1n) is 13.2. The molecule has 6 nitrogen and oxygen atoms in total. The van der Waals surface area contributed by atoms with E-state index in [2.05, 4.69) is 20.8 Å². The second-order valence-corrected chi connectivity index (χ2v) is 12.5. The first kappa shape index (κ1) is 22.9. The van der Waals surface area contributed by atoms with E-state index in [1.165, 1.54) is 0 Å². The van der Waals surface area contributed by atoms with E-state index in [9.17, 15) is 19.8 Å². The number of hydrogen-bond donors (Lipinski definition) is 2. The largest absolute Gasteiger partial charge is 0.458 e. The molecule has 0 aromatic rings. The fourth-order valence-corrected chi connectivity index (χ4v) is 9.69. The highest BCUT2D eigenvalue weighted by Crippen LogP contribution is 2.73. The molecular weight excluding hydrogens is 432 g/mol. The first-order chi connectivity index (χ1) is 16.1. The summed E-state index contributed by atoms with van der Waals surface area (Å²) in [7, 11) is 0. The number of ketones is 1. The Balaban J connectivity index is 1.27. The second kappa shape index (κ2) is 7.27. The molecule has 0 radical (unpaired) electrons. The Labute approximate surface area is 201 Å². The zero-order valence-electron chi connectivity index (χ0n) is 20.8. The topological polar surface area (TPSA) is 96.4 Å². The summed E-state index contributed by atoms with van der Waals surface area (Å²) in [6, 6.07) is 0. The van der Waals surface area contributed by atoms with E-state index in [0.29, 0.717) is 29.7 Å². The van der Waals surface area contributed by atoms with Crippen LogP contribution in [0.15, 0.2) is 23.3 Å². The lowest BCUT2D eigenvalue weighted by Gasteiger charge is -2.58. The van der Waals surface area contributed by atoms with Crippen molar-refractivity contribution >= 4 is 11.8 Å². The number of cyclic esters (lactones) is 1. The summed E-state index contributed by atoms with van der Waals surface area (Å²) in [6.45, 7) is 8.41. The van der Waals surface area contributed by atoms with Crippen molar-refractivity contribution in [2.75, 3.05) is 6.61 Å². The van der Waals surface area contributed by atoms with E-state index >= 15 is 0 Å². The number of fused-ring (bicyclic) bond motifs is 4. The second-order valence-electron chi connectivity index (χ2n) is 12.5. The van der Waals surface area contributed by atoms with Crippen LogP contribution in [-0.4, -0.2) is 52.5 Å². The van der Waals surface area contributed by atoms with Crippen molar-refractivity contribution < 1.29 is 29.3 Å². The molecule has 0 aromatic heterocycles. The fourth-order valence-electron chi connectivity index (χ4n) is 9.69. The SMILES string of the molecule is CC1=C(CO)C(=O)O[C@@H](C(C)[C@H]2CCC3[C@@H]4C[C@H]5O[C@]56[C@@H](O)C=CC(=O)[C@]6(C)C4CC[C@@]32C)C1. The number of aliphatic hydroxyl groups excluding tert-OH is 2. The zero-order chi connectivity index (χ0) is 24.2. The summed E-state index contributed by atoms with van der Waals surface area (Å²) in [5.74, 6) is 1.61. The zero-order valence-corrected chi connectivity index (χ0v) is 20.8. The van der Waals surface area contributed by atoms with Gasteiger partial charge in [0, 0.05) is 6.42 Å². The van der Waals surface area contributed by atoms with Gasteiger partial charge in [-0.1, -0.05) is 19.4 Å². The molecule has 34 heavy (non-hydrogen) atoms. The molecule has 11 atom stereocenters. The fraction of sp³-hybridized carbons (Fsp3) is 0.786. The highest BCUT2D eigenvalue weighted by atomic mass is 16.6. The number of carbonyl (C=O) groups is 2. The van der Waals surface area contributed by atoms with E-state index < -0.39 is 17.1 Å². The van der Waals surface area contributed by atoms with Gasteiger partial charge in [0.05, 0.1) is 23.7 Å². The molecule has 6 heteroatoms. The summed E-state index contributed by atoms with van der Waals surface area (Å²) < 4.78 is 12.1. The maximum Gasteiger partial charge on any atom is 0.336 e. The van der Waals surface area contributed by atoms with Gasteiger partial charge in [-0.2, -0.15) is 0 Å². The average Bonchev–Trinajstić information content (AvgIpc) is 3.43. The normalized spacial score (nSPS) is 52.4. The van der Waals surface area contributed by atoms with Crippen molar-refractivity contribution in [3.8, 4) is 0 Å². The van der Waals surface area contributed by atoms with Gasteiger partial charge >= 0.3 is 5.97 Å². The van der Waals surface area contributed by atoms with Gasteiger partial charge in [0.2, 0.25) is 0 Å². The monoisotopic (exact) mass is 470 g/mol. The number of epoxide rings is 1. The number of esters is 1. The molecule has 0 bridgehead atoms. The Bertz CT molecular complexity index is 999. The predicted octanol–water partition coefficient (Wildman–Crippen LogP) is 3.35. The van der Waals surface area contributed by atoms with E-state index in [-0.39, 0.29) is 47.8 Å². The Morgan fingerprint density at radius 2 is 1.94 bits per heavy atom. The van der Waals surface area contributed by atoms with Gasteiger partial charge in [0.1, 0.15) is 17.8 Å². The van der Waals surface area contributed by atoms with Crippen molar-refractivity contribution in [3.63, 3.8) is 0 Å². The molecule has 2 heterocycles.